The van der Waals surface area contributed by atoms with Crippen LogP contribution >= 0.6 is 0 Å². The van der Waals surface area contributed by atoms with Crippen molar-refractivity contribution in [3.63, 3.8) is 0 Å². The number of sulfone groups is 1. The highest BCUT2D eigenvalue weighted by molar-refractivity contribution is 7.91. The Morgan fingerprint density at radius 3 is 2.59 bits per heavy atom. The molecule has 0 aromatic heterocycles. The van der Waals surface area contributed by atoms with Gasteiger partial charge < -0.3 is 14.5 Å². The fraction of sp³-hybridized carbons (Fsp3) is 0.533. The predicted molar refractivity (Wildman–Crippen MR) is 84.8 cm³/mol. The highest BCUT2D eigenvalue weighted by atomic mass is 32.2. The van der Waals surface area contributed by atoms with E-state index >= 15 is 0 Å². The molecule has 0 N–H and O–H groups in total. The smallest absolute Gasteiger partial charge is 0.242 e. The minimum absolute atomic E-state index is 0.00741. The second kappa shape index (κ2) is 7.11. The summed E-state index contributed by atoms with van der Waals surface area (Å²) in [7, 11) is -1.71. The highest BCUT2D eigenvalue weighted by Crippen LogP contribution is 2.27. The van der Waals surface area contributed by atoms with Crippen molar-refractivity contribution in [2.75, 3.05) is 50.5 Å². The van der Waals surface area contributed by atoms with Crippen LogP contribution in [0.2, 0.25) is 0 Å². The topological polar surface area (TPSA) is 66.9 Å². The maximum Gasteiger partial charge on any atom is 0.242 e. The van der Waals surface area contributed by atoms with Crippen LogP contribution in [0, 0.1) is 0 Å². The second-order valence-electron chi connectivity index (χ2n) is 5.17. The molecule has 7 heteroatoms. The molecule has 1 aromatic rings. The number of hydrogen-bond acceptors (Lipinski definition) is 5. The number of hydrogen-bond donors (Lipinski definition) is 0. The summed E-state index contributed by atoms with van der Waals surface area (Å²) in [5, 5.41) is 0. The molecule has 0 saturated carbocycles. The minimum Gasteiger partial charge on any atom is -0.383 e. The van der Waals surface area contributed by atoms with Gasteiger partial charge in [0.05, 0.1) is 29.5 Å². The minimum atomic E-state index is -3.31. The van der Waals surface area contributed by atoms with Gasteiger partial charge in [0.25, 0.3) is 0 Å². The summed E-state index contributed by atoms with van der Waals surface area (Å²) < 4.78 is 29.4. The summed E-state index contributed by atoms with van der Waals surface area (Å²) in [5.74, 6) is 0.0400. The van der Waals surface area contributed by atoms with E-state index in [-0.39, 0.29) is 18.2 Å². The van der Waals surface area contributed by atoms with Gasteiger partial charge in [0.1, 0.15) is 0 Å². The zero-order valence-corrected chi connectivity index (χ0v) is 13.8. The predicted octanol–water partition coefficient (Wildman–Crippen LogP) is 0.775. The number of piperazine rings is 1. The molecule has 122 valence electrons. The van der Waals surface area contributed by atoms with Gasteiger partial charge in [-0.1, -0.05) is 19.1 Å². The van der Waals surface area contributed by atoms with E-state index < -0.39 is 9.84 Å². The van der Waals surface area contributed by atoms with Crippen LogP contribution in [0.15, 0.2) is 29.2 Å². The molecule has 1 amide bonds. The van der Waals surface area contributed by atoms with Crippen LogP contribution in [0.3, 0.4) is 0 Å². The maximum atomic E-state index is 12.2. The molecule has 22 heavy (non-hydrogen) atoms. The molecule has 0 radical (unpaired) electrons. The van der Waals surface area contributed by atoms with Crippen molar-refractivity contribution in [1.82, 2.24) is 4.90 Å². The van der Waals surface area contributed by atoms with Gasteiger partial charge >= 0.3 is 0 Å². The van der Waals surface area contributed by atoms with E-state index in [9.17, 15) is 13.2 Å². The van der Waals surface area contributed by atoms with Crippen molar-refractivity contribution >= 4 is 21.4 Å². The first-order valence-electron chi connectivity index (χ1n) is 7.33. The summed E-state index contributed by atoms with van der Waals surface area (Å²) >= 11 is 0. The van der Waals surface area contributed by atoms with Gasteiger partial charge in [0.2, 0.25) is 5.91 Å². The Morgan fingerprint density at radius 2 is 1.95 bits per heavy atom. The quantitative estimate of drug-likeness (QED) is 0.773. The standard InChI is InChI=1S/C15H22N2O4S/c1-3-22(19,20)14-7-5-4-6-13(14)17-9-8-16(10-11-21-2)15(18)12-17/h4-7H,3,8-12H2,1-2H3. The van der Waals surface area contributed by atoms with Crippen LogP contribution in [0.4, 0.5) is 5.69 Å². The Morgan fingerprint density at radius 1 is 1.23 bits per heavy atom. The van der Waals surface area contributed by atoms with Crippen molar-refractivity contribution in [3.05, 3.63) is 24.3 Å². The molecule has 1 aromatic carbocycles. The molecule has 0 atom stereocenters. The number of para-hydroxylation sites is 1. The molecule has 1 fully saturated rings. The summed E-state index contributed by atoms with van der Waals surface area (Å²) in [6.07, 6.45) is 0. The van der Waals surface area contributed by atoms with Crippen molar-refractivity contribution in [3.8, 4) is 0 Å². The summed E-state index contributed by atoms with van der Waals surface area (Å²) in [6, 6.07) is 6.88. The fourth-order valence-corrected chi connectivity index (χ4v) is 3.60. The van der Waals surface area contributed by atoms with Crippen molar-refractivity contribution in [2.24, 2.45) is 0 Å². The summed E-state index contributed by atoms with van der Waals surface area (Å²) in [6.45, 7) is 4.08. The van der Waals surface area contributed by atoms with Gasteiger partial charge in [-0.25, -0.2) is 8.42 Å². The Kier molecular flexibility index (Phi) is 5.42. The largest absolute Gasteiger partial charge is 0.383 e. The summed E-state index contributed by atoms with van der Waals surface area (Å²) in [4.78, 5) is 16.1. The zero-order chi connectivity index (χ0) is 16.2. The van der Waals surface area contributed by atoms with Crippen molar-refractivity contribution in [1.29, 1.82) is 0 Å². The van der Waals surface area contributed by atoms with Crippen LogP contribution < -0.4 is 4.90 Å². The van der Waals surface area contributed by atoms with Crippen molar-refractivity contribution in [2.45, 2.75) is 11.8 Å². The number of ether oxygens (including phenoxy) is 1. The molecular formula is C15H22N2O4S. The van der Waals surface area contributed by atoms with Crippen molar-refractivity contribution < 1.29 is 17.9 Å². The Bertz CT molecular complexity index is 630. The number of carbonyl (C=O) groups excluding carboxylic acids is 1. The first kappa shape index (κ1) is 16.8. The third-order valence-corrected chi connectivity index (χ3v) is 5.58. The fourth-order valence-electron chi connectivity index (χ4n) is 2.49. The molecular weight excluding hydrogens is 304 g/mol. The van der Waals surface area contributed by atoms with E-state index in [4.69, 9.17) is 4.74 Å². The lowest BCUT2D eigenvalue weighted by molar-refractivity contribution is -0.131. The molecule has 0 bridgehead atoms. The van der Waals surface area contributed by atoms with Gasteiger partial charge in [-0.05, 0) is 12.1 Å². The third kappa shape index (κ3) is 3.59. The first-order chi connectivity index (χ1) is 10.5. The molecule has 1 aliphatic heterocycles. The van der Waals surface area contributed by atoms with Gasteiger partial charge in [0.15, 0.2) is 9.84 Å². The number of amides is 1. The lowest BCUT2D eigenvalue weighted by Crippen LogP contribution is -2.51. The molecule has 0 unspecified atom stereocenters. The monoisotopic (exact) mass is 326 g/mol. The van der Waals surface area contributed by atoms with E-state index in [1.807, 2.05) is 4.90 Å². The molecule has 0 spiro atoms. The molecule has 6 nitrogen and oxygen atoms in total. The zero-order valence-electron chi connectivity index (χ0n) is 13.0. The van der Waals surface area contributed by atoms with Gasteiger partial charge in [-0.3, -0.25) is 4.79 Å². The van der Waals surface area contributed by atoms with Gasteiger partial charge in [0, 0.05) is 26.7 Å². The van der Waals surface area contributed by atoms with E-state index in [0.29, 0.717) is 36.8 Å². The lowest BCUT2D eigenvalue weighted by Gasteiger charge is -2.36. The molecule has 1 heterocycles. The van der Waals surface area contributed by atoms with Crippen LogP contribution in [-0.4, -0.2) is 64.9 Å². The second-order valence-corrected chi connectivity index (χ2v) is 7.41. The summed E-state index contributed by atoms with van der Waals surface area (Å²) in [5.41, 5.74) is 0.615. The van der Waals surface area contributed by atoms with Crippen LogP contribution in [0.25, 0.3) is 0 Å². The van der Waals surface area contributed by atoms with Crippen LogP contribution in [0.5, 0.6) is 0 Å². The maximum absolute atomic E-state index is 12.2. The third-order valence-electron chi connectivity index (χ3n) is 3.81. The van der Waals surface area contributed by atoms with Crippen LogP contribution in [0.1, 0.15) is 6.92 Å². The Balaban J connectivity index is 2.20. The number of nitrogens with zero attached hydrogens (tertiary/aromatic N) is 2. The Labute approximate surface area is 131 Å². The number of rotatable bonds is 6. The van der Waals surface area contributed by atoms with E-state index in [0.717, 1.165) is 0 Å². The average Bonchev–Trinajstić information content (AvgIpc) is 2.53. The van der Waals surface area contributed by atoms with Gasteiger partial charge in [-0.15, -0.1) is 0 Å². The molecule has 0 aliphatic carbocycles. The number of carbonyl (C=O) groups is 1. The average molecular weight is 326 g/mol. The number of methoxy groups -OCH3 is 1. The van der Waals surface area contributed by atoms with Crippen LogP contribution in [-0.2, 0) is 19.4 Å². The van der Waals surface area contributed by atoms with E-state index in [2.05, 4.69) is 0 Å². The SMILES string of the molecule is CCS(=O)(=O)c1ccccc1N1CCN(CCOC)C(=O)C1. The molecule has 2 rings (SSSR count). The lowest BCUT2D eigenvalue weighted by atomic mass is 10.2. The number of anilines is 1. The molecule has 1 aliphatic rings. The Hall–Kier alpha value is -1.60. The van der Waals surface area contributed by atoms with E-state index in [1.54, 1.807) is 43.2 Å². The number of benzene rings is 1. The van der Waals surface area contributed by atoms with E-state index in [1.165, 1.54) is 0 Å². The first-order valence-corrected chi connectivity index (χ1v) is 8.98. The normalized spacial score (nSPS) is 16.2. The highest BCUT2D eigenvalue weighted by Gasteiger charge is 2.27. The molecule has 1 saturated heterocycles. The van der Waals surface area contributed by atoms with Gasteiger partial charge in [-0.2, -0.15) is 0 Å².